The van der Waals surface area contributed by atoms with E-state index in [1.54, 1.807) is 25.1 Å². The molecule has 4 heteroatoms. The molecule has 0 aliphatic heterocycles. The first kappa shape index (κ1) is 10.8. The Labute approximate surface area is 96.0 Å². The summed E-state index contributed by atoms with van der Waals surface area (Å²) in [4.78, 5) is 11.8. The summed E-state index contributed by atoms with van der Waals surface area (Å²) >= 11 is 1.15. The van der Waals surface area contributed by atoms with Gasteiger partial charge in [-0.05, 0) is 36.2 Å². The zero-order valence-corrected chi connectivity index (χ0v) is 9.34. The largest absolute Gasteiger partial charge is 0.477 e. The molecule has 1 aromatic heterocycles. The Hall–Kier alpha value is -1.68. The van der Waals surface area contributed by atoms with Gasteiger partial charge in [-0.25, -0.2) is 9.18 Å². The summed E-state index contributed by atoms with van der Waals surface area (Å²) in [7, 11) is 0. The van der Waals surface area contributed by atoms with Gasteiger partial charge < -0.3 is 5.11 Å². The third kappa shape index (κ3) is 1.84. The molecule has 0 saturated heterocycles. The van der Waals surface area contributed by atoms with E-state index in [2.05, 4.69) is 0 Å². The quantitative estimate of drug-likeness (QED) is 0.865. The number of aromatic carboxylic acids is 1. The van der Waals surface area contributed by atoms with Gasteiger partial charge >= 0.3 is 5.97 Å². The second-order valence-electron chi connectivity index (χ2n) is 3.38. The van der Waals surface area contributed by atoms with E-state index in [0.717, 1.165) is 21.8 Å². The van der Waals surface area contributed by atoms with Crippen LogP contribution in [0.5, 0.6) is 0 Å². The highest BCUT2D eigenvalue weighted by atomic mass is 32.1. The fourth-order valence-corrected chi connectivity index (χ4v) is 2.40. The Morgan fingerprint density at radius 3 is 2.69 bits per heavy atom. The molecule has 2 aromatic rings. The number of halogens is 1. The monoisotopic (exact) mass is 236 g/mol. The Morgan fingerprint density at radius 1 is 1.31 bits per heavy atom. The topological polar surface area (TPSA) is 37.3 Å². The first-order chi connectivity index (χ1) is 7.59. The third-order valence-corrected chi connectivity index (χ3v) is 3.46. The van der Waals surface area contributed by atoms with Gasteiger partial charge in [0.05, 0.1) is 0 Å². The van der Waals surface area contributed by atoms with E-state index >= 15 is 0 Å². The maximum Gasteiger partial charge on any atom is 0.345 e. The highest BCUT2D eigenvalue weighted by molar-refractivity contribution is 7.17. The highest BCUT2D eigenvalue weighted by Gasteiger charge is 2.11. The maximum absolute atomic E-state index is 13.3. The molecule has 1 heterocycles. The molecule has 1 N–H and O–H groups in total. The van der Waals surface area contributed by atoms with Crippen molar-refractivity contribution >= 4 is 17.3 Å². The van der Waals surface area contributed by atoms with Gasteiger partial charge in [0.25, 0.3) is 0 Å². The summed E-state index contributed by atoms with van der Waals surface area (Å²) in [6, 6.07) is 8.04. The average molecular weight is 236 g/mol. The van der Waals surface area contributed by atoms with Gasteiger partial charge in [-0.2, -0.15) is 0 Å². The molecule has 16 heavy (non-hydrogen) atoms. The van der Waals surface area contributed by atoms with Gasteiger partial charge in [-0.1, -0.05) is 12.1 Å². The second kappa shape index (κ2) is 4.06. The highest BCUT2D eigenvalue weighted by Crippen LogP contribution is 2.31. The van der Waals surface area contributed by atoms with Gasteiger partial charge in [-0.15, -0.1) is 11.3 Å². The minimum atomic E-state index is -0.953. The van der Waals surface area contributed by atoms with Crippen molar-refractivity contribution in [2.45, 2.75) is 6.92 Å². The predicted octanol–water partition coefficient (Wildman–Crippen LogP) is 3.56. The number of hydrogen-bond acceptors (Lipinski definition) is 2. The van der Waals surface area contributed by atoms with Crippen molar-refractivity contribution in [2.75, 3.05) is 0 Å². The average Bonchev–Trinajstić information content (AvgIpc) is 2.71. The van der Waals surface area contributed by atoms with Crippen LogP contribution in [-0.2, 0) is 0 Å². The van der Waals surface area contributed by atoms with E-state index < -0.39 is 5.97 Å². The Balaban J connectivity index is 2.50. The van der Waals surface area contributed by atoms with Gasteiger partial charge in [0.15, 0.2) is 0 Å². The lowest BCUT2D eigenvalue weighted by molar-refractivity contribution is 0.0702. The van der Waals surface area contributed by atoms with Gasteiger partial charge in [0.2, 0.25) is 0 Å². The molecule has 2 rings (SSSR count). The molecule has 0 unspecified atom stereocenters. The molecule has 0 saturated carbocycles. The van der Waals surface area contributed by atoms with Crippen molar-refractivity contribution in [3.05, 3.63) is 46.6 Å². The molecule has 0 radical (unpaired) electrons. The minimum absolute atomic E-state index is 0.263. The van der Waals surface area contributed by atoms with Crippen LogP contribution in [0.2, 0.25) is 0 Å². The smallest absolute Gasteiger partial charge is 0.345 e. The van der Waals surface area contributed by atoms with Gasteiger partial charge in [0.1, 0.15) is 10.7 Å². The van der Waals surface area contributed by atoms with Crippen LogP contribution in [0.15, 0.2) is 30.3 Å². The van der Waals surface area contributed by atoms with E-state index in [0.29, 0.717) is 5.56 Å². The predicted molar refractivity (Wildman–Crippen MR) is 61.4 cm³/mol. The lowest BCUT2D eigenvalue weighted by Crippen LogP contribution is -1.89. The summed E-state index contributed by atoms with van der Waals surface area (Å²) < 4.78 is 13.3. The van der Waals surface area contributed by atoms with Crippen molar-refractivity contribution < 1.29 is 14.3 Å². The first-order valence-electron chi connectivity index (χ1n) is 4.68. The van der Waals surface area contributed by atoms with Crippen LogP contribution in [0.3, 0.4) is 0 Å². The number of thiophene rings is 1. The Kier molecular flexibility index (Phi) is 2.75. The normalized spacial score (nSPS) is 10.4. The fraction of sp³-hybridized carbons (Fsp3) is 0.0833. The molecule has 0 amide bonds. The molecule has 0 aliphatic carbocycles. The van der Waals surface area contributed by atoms with E-state index in [9.17, 15) is 9.18 Å². The number of benzene rings is 1. The van der Waals surface area contributed by atoms with E-state index in [-0.39, 0.29) is 10.7 Å². The van der Waals surface area contributed by atoms with Crippen LogP contribution >= 0.6 is 11.3 Å². The molecule has 0 bridgehead atoms. The molecular formula is C12H9FO2S. The van der Waals surface area contributed by atoms with Crippen LogP contribution in [-0.4, -0.2) is 11.1 Å². The number of carboxylic acids is 1. The van der Waals surface area contributed by atoms with Gasteiger partial charge in [-0.3, -0.25) is 0 Å². The molecule has 0 aliphatic rings. The molecule has 1 aromatic carbocycles. The molecule has 0 fully saturated rings. The van der Waals surface area contributed by atoms with Crippen LogP contribution < -0.4 is 0 Å². The number of carboxylic acid groups (broad SMARTS) is 1. The molecule has 0 atom stereocenters. The zero-order chi connectivity index (χ0) is 11.7. The van der Waals surface area contributed by atoms with Crippen molar-refractivity contribution in [3.8, 4) is 10.4 Å². The standard InChI is InChI=1S/C12H9FO2S/c1-7-8(3-2-4-9(7)13)10-5-6-11(16-10)12(14)15/h2-6H,1H3,(H,14,15). The molecule has 82 valence electrons. The zero-order valence-electron chi connectivity index (χ0n) is 8.53. The number of rotatable bonds is 2. The van der Waals surface area contributed by atoms with Crippen LogP contribution in [0.4, 0.5) is 4.39 Å². The number of carbonyl (C=O) groups is 1. The summed E-state index contributed by atoms with van der Waals surface area (Å²) in [5.74, 6) is -1.23. The SMILES string of the molecule is Cc1c(F)cccc1-c1ccc(C(=O)O)s1. The molecular weight excluding hydrogens is 227 g/mol. The summed E-state index contributed by atoms with van der Waals surface area (Å²) in [6.07, 6.45) is 0. The van der Waals surface area contributed by atoms with Crippen LogP contribution in [0.25, 0.3) is 10.4 Å². The maximum atomic E-state index is 13.3. The second-order valence-corrected chi connectivity index (χ2v) is 4.47. The molecule has 2 nitrogen and oxygen atoms in total. The van der Waals surface area contributed by atoms with E-state index in [4.69, 9.17) is 5.11 Å². The Morgan fingerprint density at radius 2 is 2.06 bits per heavy atom. The fourth-order valence-electron chi connectivity index (χ4n) is 1.47. The van der Waals surface area contributed by atoms with Crippen molar-refractivity contribution in [2.24, 2.45) is 0 Å². The number of hydrogen-bond donors (Lipinski definition) is 1. The summed E-state index contributed by atoms with van der Waals surface area (Å²) in [5, 5.41) is 8.81. The van der Waals surface area contributed by atoms with Gasteiger partial charge in [0, 0.05) is 4.88 Å². The van der Waals surface area contributed by atoms with Crippen LogP contribution in [0.1, 0.15) is 15.2 Å². The van der Waals surface area contributed by atoms with Crippen LogP contribution in [0, 0.1) is 12.7 Å². The van der Waals surface area contributed by atoms with Crippen molar-refractivity contribution in [1.82, 2.24) is 0 Å². The summed E-state index contributed by atoms with van der Waals surface area (Å²) in [6.45, 7) is 1.69. The third-order valence-electron chi connectivity index (χ3n) is 2.35. The first-order valence-corrected chi connectivity index (χ1v) is 5.50. The van der Waals surface area contributed by atoms with Crippen molar-refractivity contribution in [1.29, 1.82) is 0 Å². The molecule has 0 spiro atoms. The minimum Gasteiger partial charge on any atom is -0.477 e. The van der Waals surface area contributed by atoms with Crippen molar-refractivity contribution in [3.63, 3.8) is 0 Å². The van der Waals surface area contributed by atoms with E-state index in [1.807, 2.05) is 0 Å². The lowest BCUT2D eigenvalue weighted by Gasteiger charge is -2.03. The Bertz CT molecular complexity index is 546. The summed E-state index contributed by atoms with van der Waals surface area (Å²) in [5.41, 5.74) is 1.29. The lowest BCUT2D eigenvalue weighted by atomic mass is 10.1. The van der Waals surface area contributed by atoms with E-state index in [1.165, 1.54) is 12.1 Å².